The molecule has 2 aromatic heterocycles. The summed E-state index contributed by atoms with van der Waals surface area (Å²) in [5, 5.41) is 7.03. The molecule has 108 valence electrons. The van der Waals surface area contributed by atoms with Crippen molar-refractivity contribution in [3.63, 3.8) is 0 Å². The zero-order valence-electron chi connectivity index (χ0n) is 11.9. The Morgan fingerprint density at radius 3 is 2.75 bits per heavy atom. The molecule has 2 heterocycles. The van der Waals surface area contributed by atoms with Gasteiger partial charge in [-0.15, -0.1) is 11.3 Å². The van der Waals surface area contributed by atoms with E-state index in [0.29, 0.717) is 11.7 Å². The van der Waals surface area contributed by atoms with Gasteiger partial charge < -0.3 is 10.3 Å². The molecule has 0 radical (unpaired) electrons. The van der Waals surface area contributed by atoms with Gasteiger partial charge in [0.05, 0.1) is 10.5 Å². The van der Waals surface area contributed by atoms with E-state index in [-0.39, 0.29) is 0 Å². The van der Waals surface area contributed by atoms with E-state index < -0.39 is 5.54 Å². The molecule has 1 fully saturated rings. The summed E-state index contributed by atoms with van der Waals surface area (Å²) < 4.78 is 5.34. The van der Waals surface area contributed by atoms with Crippen molar-refractivity contribution in [3.05, 3.63) is 16.2 Å². The van der Waals surface area contributed by atoms with Gasteiger partial charge in [0, 0.05) is 5.38 Å². The fourth-order valence-corrected chi connectivity index (χ4v) is 3.40. The number of nitrogens with zero attached hydrogens (tertiary/aromatic N) is 3. The van der Waals surface area contributed by atoms with Gasteiger partial charge in [-0.05, 0) is 38.5 Å². The number of aromatic nitrogens is 3. The predicted octanol–water partition coefficient (Wildman–Crippen LogP) is 3.26. The van der Waals surface area contributed by atoms with Crippen LogP contribution in [0.2, 0.25) is 0 Å². The highest BCUT2D eigenvalue weighted by atomic mass is 32.1. The molecule has 3 rings (SSSR count). The Morgan fingerprint density at radius 2 is 2.15 bits per heavy atom. The van der Waals surface area contributed by atoms with Crippen LogP contribution in [0.1, 0.15) is 49.9 Å². The van der Waals surface area contributed by atoms with Crippen molar-refractivity contribution in [1.82, 2.24) is 15.1 Å². The van der Waals surface area contributed by atoms with Crippen LogP contribution in [0.25, 0.3) is 11.6 Å². The van der Waals surface area contributed by atoms with E-state index in [0.717, 1.165) is 42.3 Å². The van der Waals surface area contributed by atoms with Gasteiger partial charge in [0.2, 0.25) is 0 Å². The standard InChI is InChI=1S/C14H20N4OS/c1-3-10-4-6-14(15,7-5-10)13-17-12(19-18-13)11-8-20-9(2)16-11/h8,10H,3-7,15H2,1-2H3. The van der Waals surface area contributed by atoms with Crippen molar-refractivity contribution in [3.8, 4) is 11.6 Å². The smallest absolute Gasteiger partial charge is 0.277 e. The maximum atomic E-state index is 6.49. The van der Waals surface area contributed by atoms with Gasteiger partial charge in [-0.25, -0.2) is 4.98 Å². The molecule has 0 aliphatic heterocycles. The van der Waals surface area contributed by atoms with E-state index in [1.807, 2.05) is 12.3 Å². The van der Waals surface area contributed by atoms with Gasteiger partial charge in [0.25, 0.3) is 5.89 Å². The summed E-state index contributed by atoms with van der Waals surface area (Å²) >= 11 is 1.58. The summed E-state index contributed by atoms with van der Waals surface area (Å²) in [6.07, 6.45) is 5.38. The molecule has 2 N–H and O–H groups in total. The summed E-state index contributed by atoms with van der Waals surface area (Å²) in [5.41, 5.74) is 6.81. The van der Waals surface area contributed by atoms with E-state index in [1.165, 1.54) is 6.42 Å². The lowest BCUT2D eigenvalue weighted by molar-refractivity contribution is 0.216. The third kappa shape index (κ3) is 2.50. The lowest BCUT2D eigenvalue weighted by Crippen LogP contribution is -2.41. The summed E-state index contributed by atoms with van der Waals surface area (Å²) in [7, 11) is 0. The van der Waals surface area contributed by atoms with Gasteiger partial charge in [-0.1, -0.05) is 18.5 Å². The van der Waals surface area contributed by atoms with Gasteiger partial charge in [-0.2, -0.15) is 4.98 Å². The van der Waals surface area contributed by atoms with Crippen LogP contribution in [0.5, 0.6) is 0 Å². The molecule has 20 heavy (non-hydrogen) atoms. The van der Waals surface area contributed by atoms with Gasteiger partial charge >= 0.3 is 0 Å². The van der Waals surface area contributed by atoms with Gasteiger partial charge in [0.15, 0.2) is 5.82 Å². The topological polar surface area (TPSA) is 77.8 Å². The van der Waals surface area contributed by atoms with Crippen LogP contribution < -0.4 is 5.73 Å². The van der Waals surface area contributed by atoms with E-state index in [4.69, 9.17) is 10.3 Å². The lowest BCUT2D eigenvalue weighted by atomic mass is 9.76. The first-order chi connectivity index (χ1) is 9.60. The Labute approximate surface area is 122 Å². The van der Waals surface area contributed by atoms with E-state index in [2.05, 4.69) is 22.0 Å². The quantitative estimate of drug-likeness (QED) is 0.939. The van der Waals surface area contributed by atoms with Crippen molar-refractivity contribution >= 4 is 11.3 Å². The third-order valence-electron chi connectivity index (χ3n) is 4.28. The fourth-order valence-electron chi connectivity index (χ4n) is 2.82. The second-order valence-electron chi connectivity index (χ2n) is 5.68. The highest BCUT2D eigenvalue weighted by Crippen LogP contribution is 2.38. The Balaban J connectivity index is 1.80. The predicted molar refractivity (Wildman–Crippen MR) is 78.3 cm³/mol. The molecule has 0 atom stereocenters. The van der Waals surface area contributed by atoms with Crippen molar-refractivity contribution in [2.75, 3.05) is 0 Å². The maximum absolute atomic E-state index is 6.49. The minimum absolute atomic E-state index is 0.432. The normalized spacial score (nSPS) is 26.9. The first kappa shape index (κ1) is 13.7. The Kier molecular flexibility index (Phi) is 3.60. The van der Waals surface area contributed by atoms with Crippen LogP contribution in [0.4, 0.5) is 0 Å². The van der Waals surface area contributed by atoms with Crippen LogP contribution in [0, 0.1) is 12.8 Å². The number of hydrogen-bond donors (Lipinski definition) is 1. The van der Waals surface area contributed by atoms with Gasteiger partial charge in [-0.3, -0.25) is 0 Å². The average molecular weight is 292 g/mol. The Bertz CT molecular complexity index is 584. The summed E-state index contributed by atoms with van der Waals surface area (Å²) in [4.78, 5) is 8.85. The second-order valence-corrected chi connectivity index (χ2v) is 6.74. The molecule has 0 saturated heterocycles. The summed E-state index contributed by atoms with van der Waals surface area (Å²) in [6, 6.07) is 0. The Hall–Kier alpha value is -1.27. The van der Waals surface area contributed by atoms with E-state index in [1.54, 1.807) is 11.3 Å². The molecule has 0 aromatic carbocycles. The largest absolute Gasteiger partial charge is 0.332 e. The number of rotatable bonds is 3. The van der Waals surface area contributed by atoms with E-state index in [9.17, 15) is 0 Å². The average Bonchev–Trinajstić information content (AvgIpc) is 3.08. The van der Waals surface area contributed by atoms with Crippen molar-refractivity contribution in [2.45, 2.75) is 51.5 Å². The molecule has 2 aromatic rings. The highest BCUT2D eigenvalue weighted by molar-refractivity contribution is 7.09. The third-order valence-corrected chi connectivity index (χ3v) is 5.06. The number of thiazole rings is 1. The van der Waals surface area contributed by atoms with Crippen LogP contribution in [-0.2, 0) is 5.54 Å². The first-order valence-corrected chi connectivity index (χ1v) is 8.04. The van der Waals surface area contributed by atoms with Crippen molar-refractivity contribution in [2.24, 2.45) is 11.7 Å². The molecule has 1 aliphatic carbocycles. The zero-order valence-corrected chi connectivity index (χ0v) is 12.7. The second kappa shape index (κ2) is 5.26. The number of nitrogens with two attached hydrogens (primary N) is 1. The first-order valence-electron chi connectivity index (χ1n) is 7.16. The molecule has 0 spiro atoms. The molecule has 6 heteroatoms. The monoisotopic (exact) mass is 292 g/mol. The van der Waals surface area contributed by atoms with E-state index >= 15 is 0 Å². The maximum Gasteiger partial charge on any atom is 0.277 e. The molecular formula is C14H20N4OS. The van der Waals surface area contributed by atoms with Crippen LogP contribution in [0.15, 0.2) is 9.90 Å². The summed E-state index contributed by atoms with van der Waals surface area (Å²) in [5.74, 6) is 1.90. The molecular weight excluding hydrogens is 272 g/mol. The number of aryl methyl sites for hydroxylation is 1. The summed E-state index contributed by atoms with van der Waals surface area (Å²) in [6.45, 7) is 4.20. The molecule has 5 nitrogen and oxygen atoms in total. The minimum atomic E-state index is -0.432. The zero-order chi connectivity index (χ0) is 14.2. The van der Waals surface area contributed by atoms with Crippen LogP contribution in [-0.4, -0.2) is 15.1 Å². The van der Waals surface area contributed by atoms with Crippen LogP contribution >= 0.6 is 11.3 Å². The molecule has 0 amide bonds. The molecule has 1 saturated carbocycles. The van der Waals surface area contributed by atoms with Crippen molar-refractivity contribution in [1.29, 1.82) is 0 Å². The van der Waals surface area contributed by atoms with Crippen LogP contribution in [0.3, 0.4) is 0 Å². The molecule has 0 unspecified atom stereocenters. The Morgan fingerprint density at radius 1 is 1.40 bits per heavy atom. The number of hydrogen-bond acceptors (Lipinski definition) is 6. The SMILES string of the molecule is CCC1CCC(N)(c2noc(-c3csc(C)n3)n2)CC1. The van der Waals surface area contributed by atoms with Crippen molar-refractivity contribution < 1.29 is 4.52 Å². The highest BCUT2D eigenvalue weighted by Gasteiger charge is 2.37. The fraction of sp³-hybridized carbons (Fsp3) is 0.643. The van der Waals surface area contributed by atoms with Gasteiger partial charge in [0.1, 0.15) is 5.69 Å². The minimum Gasteiger partial charge on any atom is -0.332 e. The molecule has 0 bridgehead atoms. The lowest BCUT2D eigenvalue weighted by Gasteiger charge is -2.34. The molecule has 1 aliphatic rings.